The smallest absolute Gasteiger partial charge is 0.289 e. The summed E-state index contributed by atoms with van der Waals surface area (Å²) < 4.78 is 5.16. The van der Waals surface area contributed by atoms with E-state index in [1.165, 1.54) is 6.26 Å². The molecule has 3 rings (SSSR count). The predicted octanol–water partition coefficient (Wildman–Crippen LogP) is 2.57. The number of halogens is 1. The van der Waals surface area contributed by atoms with E-state index < -0.39 is 0 Å². The van der Waals surface area contributed by atoms with Crippen molar-refractivity contribution in [2.45, 2.75) is 13.0 Å². The van der Waals surface area contributed by atoms with Crippen LogP contribution < -0.4 is 5.32 Å². The van der Waals surface area contributed by atoms with E-state index in [0.29, 0.717) is 43.5 Å². The van der Waals surface area contributed by atoms with Crippen molar-refractivity contribution in [2.24, 2.45) is 0 Å². The maximum Gasteiger partial charge on any atom is 0.289 e. The number of nitrogens with zero attached hydrogens (tertiary/aromatic N) is 2. The maximum absolute atomic E-state index is 12.3. The Morgan fingerprint density at radius 1 is 1.15 bits per heavy atom. The van der Waals surface area contributed by atoms with Crippen molar-refractivity contribution in [1.82, 2.24) is 15.1 Å². The number of carbonyl (C=O) groups excluding carboxylic acids is 2. The first-order chi connectivity index (χ1) is 12.5. The van der Waals surface area contributed by atoms with Crippen LogP contribution in [0.15, 0.2) is 47.1 Å². The van der Waals surface area contributed by atoms with Gasteiger partial charge in [-0.05, 0) is 30.7 Å². The predicted molar refractivity (Wildman–Crippen MR) is 99.1 cm³/mol. The lowest BCUT2D eigenvalue weighted by atomic mass is 10.1. The van der Waals surface area contributed by atoms with Crippen LogP contribution in [0, 0.1) is 0 Å². The van der Waals surface area contributed by atoms with Crippen molar-refractivity contribution in [3.05, 3.63) is 59.0 Å². The molecule has 6 nitrogen and oxygen atoms in total. The zero-order valence-corrected chi connectivity index (χ0v) is 15.4. The molecule has 0 radical (unpaired) electrons. The largest absolute Gasteiger partial charge is 0.459 e. The average Bonchev–Trinajstić information content (AvgIpc) is 3.16. The molecule has 2 heterocycles. The first-order valence-corrected chi connectivity index (χ1v) is 9.01. The van der Waals surface area contributed by atoms with Gasteiger partial charge in [0.05, 0.1) is 18.8 Å². The summed E-state index contributed by atoms with van der Waals surface area (Å²) in [5.74, 6) is 0.194. The molecule has 2 amide bonds. The lowest BCUT2D eigenvalue weighted by Crippen LogP contribution is -2.51. The summed E-state index contributed by atoms with van der Waals surface area (Å²) in [4.78, 5) is 28.4. The van der Waals surface area contributed by atoms with Gasteiger partial charge in [-0.1, -0.05) is 29.8 Å². The van der Waals surface area contributed by atoms with Crippen LogP contribution in [0.3, 0.4) is 0 Å². The number of nitrogens with one attached hydrogen (secondary N) is 1. The second-order valence-electron chi connectivity index (χ2n) is 6.36. The fourth-order valence-corrected chi connectivity index (χ4v) is 3.36. The number of carbonyl (C=O) groups is 2. The normalized spacial score (nSPS) is 16.3. The van der Waals surface area contributed by atoms with Gasteiger partial charge in [0, 0.05) is 31.2 Å². The van der Waals surface area contributed by atoms with Crippen LogP contribution in [0.1, 0.15) is 29.1 Å². The molecule has 138 valence electrons. The summed E-state index contributed by atoms with van der Waals surface area (Å²) in [7, 11) is 0. The average molecular weight is 376 g/mol. The fourth-order valence-electron chi connectivity index (χ4n) is 3.06. The third-order valence-corrected chi connectivity index (χ3v) is 4.85. The van der Waals surface area contributed by atoms with Crippen molar-refractivity contribution in [2.75, 3.05) is 32.7 Å². The molecule has 1 N–H and O–H groups in total. The summed E-state index contributed by atoms with van der Waals surface area (Å²) in [5.41, 5.74) is 0.899. The number of furan rings is 1. The molecule has 0 bridgehead atoms. The van der Waals surface area contributed by atoms with Crippen molar-refractivity contribution in [3.8, 4) is 0 Å². The van der Waals surface area contributed by atoms with Crippen molar-refractivity contribution in [1.29, 1.82) is 0 Å². The summed E-state index contributed by atoms with van der Waals surface area (Å²) >= 11 is 6.18. The molecule has 1 aromatic heterocycles. The molecule has 1 aromatic carbocycles. The van der Waals surface area contributed by atoms with Gasteiger partial charge in [-0.3, -0.25) is 14.5 Å². The van der Waals surface area contributed by atoms with Gasteiger partial charge in [0.1, 0.15) is 0 Å². The second kappa shape index (κ2) is 8.38. The van der Waals surface area contributed by atoms with Gasteiger partial charge >= 0.3 is 0 Å². The molecule has 0 spiro atoms. The molecule has 1 saturated heterocycles. The van der Waals surface area contributed by atoms with Crippen molar-refractivity contribution >= 4 is 23.4 Å². The Kier molecular flexibility index (Phi) is 5.96. The minimum Gasteiger partial charge on any atom is -0.459 e. The molecule has 1 aliphatic rings. The van der Waals surface area contributed by atoms with E-state index in [4.69, 9.17) is 16.0 Å². The molecular weight excluding hydrogens is 354 g/mol. The van der Waals surface area contributed by atoms with Crippen LogP contribution in [0.5, 0.6) is 0 Å². The molecule has 2 aromatic rings. The van der Waals surface area contributed by atoms with E-state index in [0.717, 1.165) is 5.56 Å². The Morgan fingerprint density at radius 3 is 2.54 bits per heavy atom. The standard InChI is InChI=1S/C19H22ClN3O3/c1-14(15-5-2-3-6-16(15)20)21-18(24)13-22-8-10-23(11-9-22)19(25)17-7-4-12-26-17/h2-7,12,14H,8-11,13H2,1H3,(H,21,24). The Hall–Kier alpha value is -2.31. The fraction of sp³-hybridized carbons (Fsp3) is 0.368. The van der Waals surface area contributed by atoms with Gasteiger partial charge in [0.2, 0.25) is 5.91 Å². The van der Waals surface area contributed by atoms with E-state index in [1.807, 2.05) is 36.1 Å². The quantitative estimate of drug-likeness (QED) is 0.872. The topological polar surface area (TPSA) is 65.8 Å². The SMILES string of the molecule is CC(NC(=O)CN1CCN(C(=O)c2ccco2)CC1)c1ccccc1Cl. The monoisotopic (exact) mass is 375 g/mol. The number of benzene rings is 1. The molecule has 7 heteroatoms. The third-order valence-electron chi connectivity index (χ3n) is 4.51. The molecule has 26 heavy (non-hydrogen) atoms. The van der Waals surface area contributed by atoms with E-state index in [2.05, 4.69) is 5.32 Å². The Morgan fingerprint density at radius 2 is 1.88 bits per heavy atom. The minimum absolute atomic E-state index is 0.0526. The van der Waals surface area contributed by atoms with Crippen LogP contribution in [0.25, 0.3) is 0 Å². The van der Waals surface area contributed by atoms with Gasteiger partial charge in [0.15, 0.2) is 5.76 Å². The lowest BCUT2D eigenvalue weighted by Gasteiger charge is -2.34. The van der Waals surface area contributed by atoms with Crippen LogP contribution in [-0.4, -0.2) is 54.3 Å². The van der Waals surface area contributed by atoms with Crippen LogP contribution >= 0.6 is 11.6 Å². The van der Waals surface area contributed by atoms with Gasteiger partial charge < -0.3 is 14.6 Å². The van der Waals surface area contributed by atoms with E-state index in [9.17, 15) is 9.59 Å². The number of piperazine rings is 1. The minimum atomic E-state index is -0.155. The first kappa shape index (κ1) is 18.5. The summed E-state index contributed by atoms with van der Waals surface area (Å²) in [6, 6.07) is 10.7. The number of hydrogen-bond acceptors (Lipinski definition) is 4. The van der Waals surface area contributed by atoms with Crippen LogP contribution in [-0.2, 0) is 4.79 Å². The van der Waals surface area contributed by atoms with Gasteiger partial charge in [-0.2, -0.15) is 0 Å². The van der Waals surface area contributed by atoms with Gasteiger partial charge in [0.25, 0.3) is 5.91 Å². The third kappa shape index (κ3) is 4.45. The molecule has 1 aliphatic heterocycles. The van der Waals surface area contributed by atoms with Crippen molar-refractivity contribution in [3.63, 3.8) is 0 Å². The molecular formula is C19H22ClN3O3. The molecule has 0 aliphatic carbocycles. The van der Waals surface area contributed by atoms with Crippen molar-refractivity contribution < 1.29 is 14.0 Å². The number of rotatable bonds is 5. The Balaban J connectivity index is 1.46. The summed E-state index contributed by atoms with van der Waals surface area (Å²) in [6.07, 6.45) is 1.49. The Bertz CT molecular complexity index is 755. The molecule has 0 saturated carbocycles. The van der Waals surface area contributed by atoms with E-state index in [1.54, 1.807) is 17.0 Å². The Labute approximate surface area is 157 Å². The second-order valence-corrected chi connectivity index (χ2v) is 6.76. The van der Waals surface area contributed by atoms with Crippen LogP contribution in [0.4, 0.5) is 0 Å². The number of hydrogen-bond donors (Lipinski definition) is 1. The molecule has 1 atom stereocenters. The zero-order valence-electron chi connectivity index (χ0n) is 14.7. The van der Waals surface area contributed by atoms with Crippen LogP contribution in [0.2, 0.25) is 5.02 Å². The molecule has 1 unspecified atom stereocenters. The highest BCUT2D eigenvalue weighted by Gasteiger charge is 2.25. The zero-order chi connectivity index (χ0) is 18.5. The first-order valence-electron chi connectivity index (χ1n) is 8.63. The lowest BCUT2D eigenvalue weighted by molar-refractivity contribution is -0.123. The maximum atomic E-state index is 12.3. The highest BCUT2D eigenvalue weighted by molar-refractivity contribution is 6.31. The van der Waals surface area contributed by atoms with Gasteiger partial charge in [-0.15, -0.1) is 0 Å². The highest BCUT2D eigenvalue weighted by atomic mass is 35.5. The highest BCUT2D eigenvalue weighted by Crippen LogP contribution is 2.22. The summed E-state index contributed by atoms with van der Waals surface area (Å²) in [5, 5.41) is 3.62. The van der Waals surface area contributed by atoms with E-state index in [-0.39, 0.29) is 17.9 Å². The number of amides is 2. The molecule has 1 fully saturated rings. The summed E-state index contributed by atoms with van der Waals surface area (Å²) in [6.45, 7) is 4.68. The van der Waals surface area contributed by atoms with E-state index >= 15 is 0 Å². The van der Waals surface area contributed by atoms with Gasteiger partial charge in [-0.25, -0.2) is 0 Å².